The summed E-state index contributed by atoms with van der Waals surface area (Å²) in [5, 5.41) is 0. The molecule has 0 saturated carbocycles. The van der Waals surface area contributed by atoms with Gasteiger partial charge in [-0.1, -0.05) is 18.2 Å². The first kappa shape index (κ1) is 11.4. The molecule has 0 aliphatic carbocycles. The SMILES string of the molecule is Cc1cccc(C)c1N1CCN(C)S1(=O)=O. The molecule has 1 aliphatic rings. The van der Waals surface area contributed by atoms with Gasteiger partial charge in [0.2, 0.25) is 0 Å². The van der Waals surface area contributed by atoms with Crippen LogP contribution < -0.4 is 4.31 Å². The Balaban J connectivity index is 2.55. The topological polar surface area (TPSA) is 40.6 Å². The van der Waals surface area contributed by atoms with E-state index in [0.717, 1.165) is 16.8 Å². The number of hydrogen-bond acceptors (Lipinski definition) is 2. The Bertz CT molecular complexity index is 490. The lowest BCUT2D eigenvalue weighted by Gasteiger charge is -2.21. The molecule has 2 rings (SSSR count). The Morgan fingerprint density at radius 1 is 1.12 bits per heavy atom. The smallest absolute Gasteiger partial charge is 0.256 e. The summed E-state index contributed by atoms with van der Waals surface area (Å²) in [5.41, 5.74) is 2.82. The number of hydrogen-bond donors (Lipinski definition) is 0. The highest BCUT2D eigenvalue weighted by atomic mass is 32.2. The van der Waals surface area contributed by atoms with Crippen molar-refractivity contribution in [3.05, 3.63) is 29.3 Å². The van der Waals surface area contributed by atoms with Crippen LogP contribution in [0, 0.1) is 13.8 Å². The summed E-state index contributed by atoms with van der Waals surface area (Å²) in [6, 6.07) is 5.83. The number of aryl methyl sites for hydroxylation is 2. The zero-order valence-corrected chi connectivity index (χ0v) is 10.6. The molecule has 1 saturated heterocycles. The van der Waals surface area contributed by atoms with Gasteiger partial charge in [0.15, 0.2) is 0 Å². The molecule has 4 nitrogen and oxygen atoms in total. The fourth-order valence-corrected chi connectivity index (χ4v) is 3.54. The highest BCUT2D eigenvalue weighted by Crippen LogP contribution is 2.30. The highest BCUT2D eigenvalue weighted by Gasteiger charge is 2.35. The minimum atomic E-state index is -3.30. The maximum atomic E-state index is 12.0. The largest absolute Gasteiger partial charge is 0.303 e. The number of benzene rings is 1. The molecular weight excluding hydrogens is 224 g/mol. The quantitative estimate of drug-likeness (QED) is 0.742. The Hall–Kier alpha value is -1.07. The Morgan fingerprint density at radius 3 is 2.12 bits per heavy atom. The van der Waals surface area contributed by atoms with Crippen molar-refractivity contribution in [3.63, 3.8) is 0 Å². The predicted octanol–water partition coefficient (Wildman–Crippen LogP) is 1.30. The normalized spacial score (nSPS) is 20.3. The average Bonchev–Trinajstić information content (AvgIpc) is 2.44. The first-order chi connectivity index (χ1) is 7.44. The fraction of sp³-hybridized carbons (Fsp3) is 0.455. The van der Waals surface area contributed by atoms with E-state index in [0.29, 0.717) is 13.1 Å². The summed E-state index contributed by atoms with van der Waals surface area (Å²) >= 11 is 0. The standard InChI is InChI=1S/C11H16N2O2S/c1-9-5-4-6-10(2)11(9)13-8-7-12(3)16(13,14)15/h4-6H,7-8H2,1-3H3. The van der Waals surface area contributed by atoms with Crippen molar-refractivity contribution in [1.29, 1.82) is 0 Å². The van der Waals surface area contributed by atoms with Gasteiger partial charge in [0.05, 0.1) is 5.69 Å². The zero-order valence-electron chi connectivity index (χ0n) is 9.77. The lowest BCUT2D eigenvalue weighted by Crippen LogP contribution is -2.31. The maximum Gasteiger partial charge on any atom is 0.303 e. The van der Waals surface area contributed by atoms with Crippen LogP contribution in [0.4, 0.5) is 5.69 Å². The second-order valence-electron chi connectivity index (χ2n) is 4.14. The van der Waals surface area contributed by atoms with Crippen molar-refractivity contribution in [2.75, 3.05) is 24.4 Å². The summed E-state index contributed by atoms with van der Waals surface area (Å²) < 4.78 is 27.0. The van der Waals surface area contributed by atoms with E-state index in [-0.39, 0.29) is 0 Å². The minimum absolute atomic E-state index is 0.532. The van der Waals surface area contributed by atoms with Crippen LogP contribution in [0.1, 0.15) is 11.1 Å². The third-order valence-corrected chi connectivity index (χ3v) is 4.87. The van der Waals surface area contributed by atoms with Crippen molar-refractivity contribution < 1.29 is 8.42 Å². The summed E-state index contributed by atoms with van der Waals surface area (Å²) in [7, 11) is -1.68. The molecule has 5 heteroatoms. The van der Waals surface area contributed by atoms with Gasteiger partial charge in [-0.15, -0.1) is 0 Å². The molecule has 1 aromatic rings. The predicted molar refractivity (Wildman–Crippen MR) is 64.8 cm³/mol. The van der Waals surface area contributed by atoms with Crippen molar-refractivity contribution >= 4 is 15.9 Å². The second kappa shape index (κ2) is 3.75. The van der Waals surface area contributed by atoms with Crippen molar-refractivity contribution in [3.8, 4) is 0 Å². The zero-order chi connectivity index (χ0) is 11.9. The minimum Gasteiger partial charge on any atom is -0.256 e. The fourth-order valence-electron chi connectivity index (χ4n) is 2.06. The van der Waals surface area contributed by atoms with Gasteiger partial charge in [-0.05, 0) is 25.0 Å². The van der Waals surface area contributed by atoms with Gasteiger partial charge in [0, 0.05) is 20.1 Å². The van der Waals surface area contributed by atoms with E-state index in [1.54, 1.807) is 7.05 Å². The van der Waals surface area contributed by atoms with E-state index < -0.39 is 10.2 Å². The molecule has 0 unspecified atom stereocenters. The second-order valence-corrected chi connectivity index (χ2v) is 6.10. The van der Waals surface area contributed by atoms with Crippen LogP contribution in [0.2, 0.25) is 0 Å². The van der Waals surface area contributed by atoms with Gasteiger partial charge in [-0.2, -0.15) is 12.7 Å². The van der Waals surface area contributed by atoms with Gasteiger partial charge in [0.25, 0.3) is 0 Å². The average molecular weight is 240 g/mol. The van der Waals surface area contributed by atoms with Crippen LogP contribution in [0.5, 0.6) is 0 Å². The van der Waals surface area contributed by atoms with Gasteiger partial charge in [-0.3, -0.25) is 4.31 Å². The van der Waals surface area contributed by atoms with Crippen molar-refractivity contribution in [2.24, 2.45) is 0 Å². The van der Waals surface area contributed by atoms with Crippen LogP contribution in [0.3, 0.4) is 0 Å². The van der Waals surface area contributed by atoms with Gasteiger partial charge < -0.3 is 0 Å². The summed E-state index contributed by atoms with van der Waals surface area (Å²) in [5.74, 6) is 0. The molecule has 1 aliphatic heterocycles. The molecule has 0 spiro atoms. The molecule has 16 heavy (non-hydrogen) atoms. The lowest BCUT2D eigenvalue weighted by atomic mass is 10.1. The van der Waals surface area contributed by atoms with Gasteiger partial charge in [0.1, 0.15) is 0 Å². The van der Waals surface area contributed by atoms with Crippen molar-refractivity contribution in [2.45, 2.75) is 13.8 Å². The third kappa shape index (κ3) is 1.60. The molecule has 0 aromatic heterocycles. The lowest BCUT2D eigenvalue weighted by molar-refractivity contribution is 0.511. The van der Waals surface area contributed by atoms with Crippen LogP contribution in [0.15, 0.2) is 18.2 Å². The number of para-hydroxylation sites is 1. The van der Waals surface area contributed by atoms with E-state index in [9.17, 15) is 8.42 Å². The third-order valence-electron chi connectivity index (χ3n) is 2.98. The van der Waals surface area contributed by atoms with Crippen LogP contribution >= 0.6 is 0 Å². The first-order valence-electron chi connectivity index (χ1n) is 5.25. The Kier molecular flexibility index (Phi) is 2.67. The number of likely N-dealkylation sites (N-methyl/N-ethyl adjacent to an activating group) is 1. The summed E-state index contributed by atoms with van der Waals surface area (Å²) in [6.45, 7) is 4.97. The molecule has 1 heterocycles. The van der Waals surface area contributed by atoms with E-state index in [4.69, 9.17) is 0 Å². The monoisotopic (exact) mass is 240 g/mol. The molecule has 0 N–H and O–H groups in total. The Labute approximate surface area is 96.7 Å². The van der Waals surface area contributed by atoms with E-state index >= 15 is 0 Å². The van der Waals surface area contributed by atoms with E-state index in [1.807, 2.05) is 32.0 Å². The van der Waals surface area contributed by atoms with Crippen LogP contribution in [0.25, 0.3) is 0 Å². The van der Waals surface area contributed by atoms with Crippen LogP contribution in [-0.4, -0.2) is 32.9 Å². The summed E-state index contributed by atoms with van der Waals surface area (Å²) in [6.07, 6.45) is 0. The molecule has 1 aromatic carbocycles. The first-order valence-corrected chi connectivity index (χ1v) is 6.64. The number of rotatable bonds is 1. The molecule has 88 valence electrons. The molecular formula is C11H16N2O2S. The van der Waals surface area contributed by atoms with Crippen molar-refractivity contribution in [1.82, 2.24) is 4.31 Å². The van der Waals surface area contributed by atoms with E-state index in [1.165, 1.54) is 8.61 Å². The van der Waals surface area contributed by atoms with Gasteiger partial charge in [-0.25, -0.2) is 0 Å². The number of anilines is 1. The molecule has 0 bridgehead atoms. The molecule has 0 amide bonds. The summed E-state index contributed by atoms with van der Waals surface area (Å²) in [4.78, 5) is 0. The molecule has 0 radical (unpaired) electrons. The molecule has 0 atom stereocenters. The number of nitrogens with zero attached hydrogens (tertiary/aromatic N) is 2. The van der Waals surface area contributed by atoms with Crippen LogP contribution in [-0.2, 0) is 10.2 Å². The molecule has 1 fully saturated rings. The Morgan fingerprint density at radius 2 is 1.69 bits per heavy atom. The van der Waals surface area contributed by atoms with Gasteiger partial charge >= 0.3 is 10.2 Å². The highest BCUT2D eigenvalue weighted by molar-refractivity contribution is 7.90. The van der Waals surface area contributed by atoms with E-state index in [2.05, 4.69) is 0 Å². The maximum absolute atomic E-state index is 12.0.